The van der Waals surface area contributed by atoms with Crippen LogP contribution in [0.3, 0.4) is 0 Å². The third-order valence-corrected chi connectivity index (χ3v) is 3.69. The van der Waals surface area contributed by atoms with Crippen molar-refractivity contribution in [3.8, 4) is 11.5 Å². The van der Waals surface area contributed by atoms with Crippen LogP contribution in [-0.4, -0.2) is 16.1 Å². The van der Waals surface area contributed by atoms with Gasteiger partial charge in [-0.2, -0.15) is 0 Å². The molecule has 0 saturated carbocycles. The van der Waals surface area contributed by atoms with E-state index in [2.05, 4.69) is 15.5 Å². The lowest BCUT2D eigenvalue weighted by molar-refractivity contribution is 0.0940. The lowest BCUT2D eigenvalue weighted by Gasteiger charge is -2.15. The van der Waals surface area contributed by atoms with Crippen molar-refractivity contribution in [2.75, 3.05) is 0 Å². The Morgan fingerprint density at radius 2 is 1.92 bits per heavy atom. The van der Waals surface area contributed by atoms with E-state index in [9.17, 15) is 13.6 Å². The Morgan fingerprint density at radius 1 is 1.12 bits per heavy atom. The molecule has 128 valence electrons. The van der Waals surface area contributed by atoms with Crippen LogP contribution in [0.1, 0.15) is 34.8 Å². The van der Waals surface area contributed by atoms with Crippen LogP contribution < -0.4 is 5.32 Å². The van der Waals surface area contributed by atoms with Crippen LogP contribution in [0.25, 0.3) is 11.5 Å². The van der Waals surface area contributed by atoms with Crippen LogP contribution in [0, 0.1) is 18.6 Å². The summed E-state index contributed by atoms with van der Waals surface area (Å²) in [4.78, 5) is 12.4. The Morgan fingerprint density at radius 3 is 2.60 bits per heavy atom. The molecule has 2 aromatic carbocycles. The van der Waals surface area contributed by atoms with Gasteiger partial charge in [-0.1, -0.05) is 12.1 Å². The molecule has 0 spiro atoms. The van der Waals surface area contributed by atoms with Gasteiger partial charge in [-0.05, 0) is 42.8 Å². The number of hydrogen-bond acceptors (Lipinski definition) is 4. The Bertz CT molecular complexity index is 924. The molecule has 25 heavy (non-hydrogen) atoms. The molecule has 0 aliphatic rings. The highest BCUT2D eigenvalue weighted by atomic mass is 19.2. The van der Waals surface area contributed by atoms with E-state index in [0.29, 0.717) is 28.5 Å². The van der Waals surface area contributed by atoms with Gasteiger partial charge in [0.25, 0.3) is 5.91 Å². The Labute approximate surface area is 142 Å². The molecule has 0 unspecified atom stereocenters. The lowest BCUT2D eigenvalue weighted by Crippen LogP contribution is -2.26. The second-order valence-electron chi connectivity index (χ2n) is 5.58. The number of carbonyl (C=O) groups is 1. The number of halogens is 2. The van der Waals surface area contributed by atoms with Crippen LogP contribution >= 0.6 is 0 Å². The van der Waals surface area contributed by atoms with Gasteiger partial charge in [0.15, 0.2) is 11.6 Å². The maximum Gasteiger partial charge on any atom is 0.251 e. The minimum Gasteiger partial charge on any atom is -0.421 e. The number of rotatable bonds is 4. The summed E-state index contributed by atoms with van der Waals surface area (Å²) in [7, 11) is 0. The van der Waals surface area contributed by atoms with Gasteiger partial charge in [0.2, 0.25) is 11.8 Å². The van der Waals surface area contributed by atoms with E-state index in [1.54, 1.807) is 38.1 Å². The van der Waals surface area contributed by atoms with E-state index < -0.39 is 17.7 Å². The zero-order valence-corrected chi connectivity index (χ0v) is 13.6. The number of aryl methyl sites for hydroxylation is 1. The van der Waals surface area contributed by atoms with E-state index in [0.717, 1.165) is 12.1 Å². The van der Waals surface area contributed by atoms with Crippen molar-refractivity contribution in [2.24, 2.45) is 0 Å². The smallest absolute Gasteiger partial charge is 0.251 e. The minimum atomic E-state index is -0.952. The molecule has 0 fully saturated rings. The quantitative estimate of drug-likeness (QED) is 0.782. The first-order valence-electron chi connectivity index (χ1n) is 7.60. The molecular formula is C18H15F2N3O2. The molecule has 3 rings (SSSR count). The van der Waals surface area contributed by atoms with Crippen LogP contribution in [0.15, 0.2) is 46.9 Å². The monoisotopic (exact) mass is 343 g/mol. The van der Waals surface area contributed by atoms with Crippen LogP contribution in [0.4, 0.5) is 8.78 Å². The number of nitrogens with one attached hydrogen (secondary N) is 1. The molecule has 1 aromatic heterocycles. The standard InChI is InChI=1S/C18H15F2N3O2/c1-10(12-6-7-15(19)16(20)9-12)21-17(24)13-4-3-5-14(8-13)18-23-22-11(2)25-18/h3-10H,1-2H3,(H,21,24)/t10-/m1/s1. The zero-order valence-electron chi connectivity index (χ0n) is 13.6. The summed E-state index contributed by atoms with van der Waals surface area (Å²) < 4.78 is 31.7. The average molecular weight is 343 g/mol. The fraction of sp³-hybridized carbons (Fsp3) is 0.167. The summed E-state index contributed by atoms with van der Waals surface area (Å²) in [6.45, 7) is 3.37. The van der Waals surface area contributed by atoms with E-state index in [-0.39, 0.29) is 5.91 Å². The van der Waals surface area contributed by atoms with Gasteiger partial charge < -0.3 is 9.73 Å². The van der Waals surface area contributed by atoms with Crippen molar-refractivity contribution in [3.63, 3.8) is 0 Å². The summed E-state index contributed by atoms with van der Waals surface area (Å²) in [6, 6.07) is 9.76. The topological polar surface area (TPSA) is 68.0 Å². The molecule has 1 heterocycles. The van der Waals surface area contributed by atoms with Gasteiger partial charge in [0.1, 0.15) is 0 Å². The fourth-order valence-electron chi connectivity index (χ4n) is 2.35. The van der Waals surface area contributed by atoms with Crippen molar-refractivity contribution in [3.05, 3.63) is 71.1 Å². The summed E-state index contributed by atoms with van der Waals surface area (Å²) >= 11 is 0. The number of benzene rings is 2. The predicted octanol–water partition coefficient (Wildman–Crippen LogP) is 3.81. The number of amides is 1. The molecule has 0 bridgehead atoms. The number of carbonyl (C=O) groups excluding carboxylic acids is 1. The summed E-state index contributed by atoms with van der Waals surface area (Å²) in [5.41, 5.74) is 1.48. The van der Waals surface area contributed by atoms with Crippen LogP contribution in [0.2, 0.25) is 0 Å². The maximum absolute atomic E-state index is 13.3. The lowest BCUT2D eigenvalue weighted by atomic mass is 10.1. The van der Waals surface area contributed by atoms with Crippen LogP contribution in [0.5, 0.6) is 0 Å². The van der Waals surface area contributed by atoms with Crippen molar-refractivity contribution in [2.45, 2.75) is 19.9 Å². The van der Waals surface area contributed by atoms with E-state index >= 15 is 0 Å². The zero-order chi connectivity index (χ0) is 18.0. The minimum absolute atomic E-state index is 0.320. The Kier molecular flexibility index (Phi) is 4.56. The van der Waals surface area contributed by atoms with Crippen molar-refractivity contribution < 1.29 is 18.0 Å². The summed E-state index contributed by atoms with van der Waals surface area (Å²) in [5.74, 6) is -1.48. The molecule has 5 nitrogen and oxygen atoms in total. The first-order chi connectivity index (χ1) is 11.9. The second-order valence-corrected chi connectivity index (χ2v) is 5.58. The second kappa shape index (κ2) is 6.80. The molecule has 0 radical (unpaired) electrons. The molecule has 1 atom stereocenters. The van der Waals surface area contributed by atoms with Gasteiger partial charge >= 0.3 is 0 Å². The molecular weight excluding hydrogens is 328 g/mol. The number of hydrogen-bond donors (Lipinski definition) is 1. The average Bonchev–Trinajstić information content (AvgIpc) is 3.04. The van der Waals surface area contributed by atoms with Gasteiger partial charge in [-0.3, -0.25) is 4.79 Å². The molecule has 7 heteroatoms. The fourth-order valence-corrected chi connectivity index (χ4v) is 2.35. The first kappa shape index (κ1) is 16.8. The van der Waals surface area contributed by atoms with Gasteiger partial charge in [0, 0.05) is 18.1 Å². The Balaban J connectivity index is 1.77. The molecule has 0 aliphatic carbocycles. The van der Waals surface area contributed by atoms with Gasteiger partial charge in [-0.15, -0.1) is 10.2 Å². The third-order valence-electron chi connectivity index (χ3n) is 3.69. The first-order valence-corrected chi connectivity index (χ1v) is 7.60. The van der Waals surface area contributed by atoms with Crippen molar-refractivity contribution in [1.29, 1.82) is 0 Å². The highest BCUT2D eigenvalue weighted by Gasteiger charge is 2.15. The summed E-state index contributed by atoms with van der Waals surface area (Å²) in [6.07, 6.45) is 0. The Hall–Kier alpha value is -3.09. The summed E-state index contributed by atoms with van der Waals surface area (Å²) in [5, 5.41) is 10.4. The molecule has 0 saturated heterocycles. The third kappa shape index (κ3) is 3.71. The van der Waals surface area contributed by atoms with Gasteiger partial charge in [-0.25, -0.2) is 8.78 Å². The van der Waals surface area contributed by atoms with E-state index in [1.165, 1.54) is 6.07 Å². The van der Waals surface area contributed by atoms with Gasteiger partial charge in [0.05, 0.1) is 6.04 Å². The normalized spacial score (nSPS) is 12.0. The number of aromatic nitrogens is 2. The molecule has 1 amide bonds. The number of nitrogens with zero attached hydrogens (tertiary/aromatic N) is 2. The largest absolute Gasteiger partial charge is 0.421 e. The predicted molar refractivity (Wildman–Crippen MR) is 86.7 cm³/mol. The van der Waals surface area contributed by atoms with E-state index in [1.807, 2.05) is 0 Å². The van der Waals surface area contributed by atoms with E-state index in [4.69, 9.17) is 4.42 Å². The van der Waals surface area contributed by atoms with Crippen molar-refractivity contribution in [1.82, 2.24) is 15.5 Å². The van der Waals surface area contributed by atoms with Crippen molar-refractivity contribution >= 4 is 5.91 Å². The highest BCUT2D eigenvalue weighted by Crippen LogP contribution is 2.20. The SMILES string of the molecule is Cc1nnc(-c2cccc(C(=O)N[C@H](C)c3ccc(F)c(F)c3)c2)o1. The molecule has 1 N–H and O–H groups in total. The highest BCUT2D eigenvalue weighted by molar-refractivity contribution is 5.95. The molecule has 3 aromatic rings. The maximum atomic E-state index is 13.3. The van der Waals surface area contributed by atoms with Crippen LogP contribution in [-0.2, 0) is 0 Å². The molecule has 0 aliphatic heterocycles.